The first kappa shape index (κ1) is 11.8. The predicted molar refractivity (Wildman–Crippen MR) is 57.7 cm³/mol. The molecule has 3 N–H and O–H groups in total. The minimum absolute atomic E-state index is 0.0332. The van der Waals surface area contributed by atoms with Crippen molar-refractivity contribution in [2.75, 3.05) is 0 Å². The zero-order valence-corrected chi connectivity index (χ0v) is 9.16. The smallest absolute Gasteiger partial charge is 0.326 e. The number of rotatable bonds is 5. The Morgan fingerprint density at radius 1 is 1.56 bits per heavy atom. The highest BCUT2D eigenvalue weighted by Gasteiger charge is 2.22. The summed E-state index contributed by atoms with van der Waals surface area (Å²) < 4.78 is 4.51. The largest absolute Gasteiger partial charge is 0.480 e. The monoisotopic (exact) mass is 250 g/mol. The maximum absolute atomic E-state index is 11.6. The van der Waals surface area contributed by atoms with Gasteiger partial charge in [0.1, 0.15) is 12.3 Å². The molecule has 8 heteroatoms. The number of carboxylic acid groups (broad SMARTS) is 1. The van der Waals surface area contributed by atoms with Crippen LogP contribution in [0.2, 0.25) is 0 Å². The number of nitrogens with one attached hydrogen (secondary N) is 2. The molecule has 18 heavy (non-hydrogen) atoms. The first-order valence-electron chi connectivity index (χ1n) is 5.08. The number of aromatic nitrogens is 3. The number of aliphatic carboxylic acids is 1. The molecule has 0 spiro atoms. The van der Waals surface area contributed by atoms with Gasteiger partial charge >= 0.3 is 5.97 Å². The summed E-state index contributed by atoms with van der Waals surface area (Å²) >= 11 is 0. The number of hydrogen-bond donors (Lipinski definition) is 3. The average molecular weight is 250 g/mol. The molecule has 0 aliphatic carbocycles. The summed E-state index contributed by atoms with van der Waals surface area (Å²) in [5.74, 6) is -1.74. The van der Waals surface area contributed by atoms with Gasteiger partial charge in [-0.25, -0.2) is 9.78 Å². The molecule has 0 fully saturated rings. The third kappa shape index (κ3) is 2.73. The van der Waals surface area contributed by atoms with Crippen molar-refractivity contribution in [1.29, 1.82) is 0 Å². The summed E-state index contributed by atoms with van der Waals surface area (Å²) in [4.78, 5) is 29.2. The third-order valence-electron chi connectivity index (χ3n) is 2.25. The Bertz CT molecular complexity index is 520. The maximum Gasteiger partial charge on any atom is 0.326 e. The molecule has 1 atom stereocenters. The topological polar surface area (TPSA) is 121 Å². The van der Waals surface area contributed by atoms with E-state index in [1.165, 1.54) is 24.9 Å². The van der Waals surface area contributed by atoms with Crippen molar-refractivity contribution >= 4 is 11.9 Å². The molecule has 1 amide bonds. The minimum atomic E-state index is -1.14. The molecule has 0 saturated heterocycles. The van der Waals surface area contributed by atoms with Crippen LogP contribution in [0, 0.1) is 0 Å². The molecule has 0 bridgehead atoms. The SMILES string of the molecule is O=C(NC(Cc1cnc[nH]1)C(=O)O)c1ccon1. The van der Waals surface area contributed by atoms with E-state index in [4.69, 9.17) is 5.11 Å². The van der Waals surface area contributed by atoms with Crippen LogP contribution >= 0.6 is 0 Å². The van der Waals surface area contributed by atoms with E-state index in [1.54, 1.807) is 0 Å². The molecule has 0 saturated carbocycles. The third-order valence-corrected chi connectivity index (χ3v) is 2.25. The fourth-order valence-electron chi connectivity index (χ4n) is 1.38. The van der Waals surface area contributed by atoms with Gasteiger partial charge in [-0.15, -0.1) is 0 Å². The van der Waals surface area contributed by atoms with Gasteiger partial charge in [-0.05, 0) is 0 Å². The van der Waals surface area contributed by atoms with E-state index < -0.39 is 17.9 Å². The van der Waals surface area contributed by atoms with Crippen molar-refractivity contribution < 1.29 is 19.2 Å². The van der Waals surface area contributed by atoms with Gasteiger partial charge in [0.15, 0.2) is 5.69 Å². The first-order chi connectivity index (χ1) is 8.66. The highest BCUT2D eigenvalue weighted by molar-refractivity contribution is 5.94. The van der Waals surface area contributed by atoms with E-state index in [0.29, 0.717) is 5.69 Å². The number of aromatic amines is 1. The summed E-state index contributed by atoms with van der Waals surface area (Å²) in [6.45, 7) is 0. The van der Waals surface area contributed by atoms with Crippen molar-refractivity contribution in [2.24, 2.45) is 0 Å². The molecule has 2 heterocycles. The van der Waals surface area contributed by atoms with E-state index in [9.17, 15) is 9.59 Å². The van der Waals surface area contributed by atoms with Crippen LogP contribution in [0.4, 0.5) is 0 Å². The van der Waals surface area contributed by atoms with Crippen LogP contribution in [0.3, 0.4) is 0 Å². The van der Waals surface area contributed by atoms with Crippen LogP contribution < -0.4 is 5.32 Å². The summed E-state index contributed by atoms with van der Waals surface area (Å²) in [6, 6.07) is 0.291. The quantitative estimate of drug-likeness (QED) is 0.677. The molecule has 2 aromatic heterocycles. The van der Waals surface area contributed by atoms with Crippen LogP contribution in [0.25, 0.3) is 0 Å². The van der Waals surface area contributed by atoms with E-state index in [-0.39, 0.29) is 12.1 Å². The molecule has 0 aliphatic heterocycles. The Labute approximate surface area is 101 Å². The predicted octanol–water partition coefficient (Wildman–Crippen LogP) is -0.177. The molecule has 0 aromatic carbocycles. The van der Waals surface area contributed by atoms with Crippen molar-refractivity contribution in [3.8, 4) is 0 Å². The Morgan fingerprint density at radius 3 is 2.94 bits per heavy atom. The fraction of sp³-hybridized carbons (Fsp3) is 0.200. The van der Waals surface area contributed by atoms with Gasteiger partial charge in [0, 0.05) is 24.4 Å². The number of carbonyl (C=O) groups is 2. The lowest BCUT2D eigenvalue weighted by Gasteiger charge is -2.12. The van der Waals surface area contributed by atoms with Gasteiger partial charge in [-0.3, -0.25) is 4.79 Å². The molecule has 94 valence electrons. The minimum Gasteiger partial charge on any atom is -0.480 e. The highest BCUT2D eigenvalue weighted by atomic mass is 16.5. The van der Waals surface area contributed by atoms with Crippen molar-refractivity contribution in [3.05, 3.63) is 36.2 Å². The van der Waals surface area contributed by atoms with Gasteiger partial charge in [0.2, 0.25) is 0 Å². The van der Waals surface area contributed by atoms with Gasteiger partial charge in [-0.1, -0.05) is 5.16 Å². The number of imidazole rings is 1. The lowest BCUT2D eigenvalue weighted by molar-refractivity contribution is -0.139. The zero-order chi connectivity index (χ0) is 13.0. The normalized spacial score (nSPS) is 12.0. The molecular weight excluding hydrogens is 240 g/mol. The Morgan fingerprint density at radius 2 is 2.39 bits per heavy atom. The summed E-state index contributed by atoms with van der Waals surface area (Å²) in [7, 11) is 0. The average Bonchev–Trinajstić information content (AvgIpc) is 3.00. The van der Waals surface area contributed by atoms with Crippen LogP contribution in [0.1, 0.15) is 16.2 Å². The van der Waals surface area contributed by atoms with Gasteiger partial charge in [0.25, 0.3) is 5.91 Å². The molecule has 2 rings (SSSR count). The molecule has 1 unspecified atom stereocenters. The summed E-state index contributed by atoms with van der Waals surface area (Å²) in [5.41, 5.74) is 0.647. The van der Waals surface area contributed by atoms with Gasteiger partial charge in [0.05, 0.1) is 6.33 Å². The standard InChI is InChI=1S/C10H10N4O4/c15-9(7-1-2-18-14-7)13-8(10(16)17)3-6-4-11-5-12-6/h1-2,4-5,8H,3H2,(H,11,12)(H,13,15)(H,16,17). The number of carboxylic acids is 1. The first-order valence-corrected chi connectivity index (χ1v) is 5.08. The van der Waals surface area contributed by atoms with E-state index in [0.717, 1.165) is 0 Å². The Balaban J connectivity index is 2.03. The van der Waals surface area contributed by atoms with Crippen molar-refractivity contribution in [2.45, 2.75) is 12.5 Å². The number of H-pyrrole nitrogens is 1. The van der Waals surface area contributed by atoms with E-state index in [2.05, 4.69) is 25.0 Å². The van der Waals surface area contributed by atoms with Gasteiger partial charge in [-0.2, -0.15) is 0 Å². The van der Waals surface area contributed by atoms with Gasteiger partial charge < -0.3 is 19.9 Å². The molecule has 0 radical (unpaired) electrons. The zero-order valence-electron chi connectivity index (χ0n) is 9.16. The van der Waals surface area contributed by atoms with Crippen LogP contribution in [-0.4, -0.2) is 38.1 Å². The maximum atomic E-state index is 11.6. The van der Waals surface area contributed by atoms with Crippen LogP contribution in [-0.2, 0) is 11.2 Å². The second-order valence-corrected chi connectivity index (χ2v) is 3.53. The molecular formula is C10H10N4O4. The van der Waals surface area contributed by atoms with Crippen LogP contribution in [0.5, 0.6) is 0 Å². The number of hydrogen-bond acceptors (Lipinski definition) is 5. The lowest BCUT2D eigenvalue weighted by atomic mass is 10.1. The number of nitrogens with zero attached hydrogens (tertiary/aromatic N) is 2. The molecule has 0 aliphatic rings. The second-order valence-electron chi connectivity index (χ2n) is 3.53. The summed E-state index contributed by atoms with van der Waals surface area (Å²) in [6.07, 6.45) is 4.28. The highest BCUT2D eigenvalue weighted by Crippen LogP contribution is 2.01. The number of amides is 1. The second kappa shape index (κ2) is 5.13. The Hall–Kier alpha value is -2.64. The van der Waals surface area contributed by atoms with E-state index in [1.807, 2.05) is 0 Å². The summed E-state index contributed by atoms with van der Waals surface area (Å²) in [5, 5.41) is 14.8. The lowest BCUT2D eigenvalue weighted by Crippen LogP contribution is -2.42. The van der Waals surface area contributed by atoms with E-state index >= 15 is 0 Å². The van der Waals surface area contributed by atoms with Crippen molar-refractivity contribution in [3.63, 3.8) is 0 Å². The number of carbonyl (C=O) groups excluding carboxylic acids is 1. The molecule has 2 aromatic rings. The van der Waals surface area contributed by atoms with Crippen LogP contribution in [0.15, 0.2) is 29.4 Å². The Kier molecular flexibility index (Phi) is 3.37. The molecule has 8 nitrogen and oxygen atoms in total. The van der Waals surface area contributed by atoms with Crippen molar-refractivity contribution in [1.82, 2.24) is 20.4 Å². The fourth-order valence-corrected chi connectivity index (χ4v) is 1.38.